The first-order valence-electron chi connectivity index (χ1n) is 6.73. The lowest BCUT2D eigenvalue weighted by molar-refractivity contribution is -0.112. The van der Waals surface area contributed by atoms with Crippen LogP contribution in [0.3, 0.4) is 0 Å². The van der Waals surface area contributed by atoms with Gasteiger partial charge >= 0.3 is 0 Å². The van der Waals surface area contributed by atoms with Crippen LogP contribution in [0.5, 0.6) is 5.75 Å². The van der Waals surface area contributed by atoms with Gasteiger partial charge < -0.3 is 15.7 Å². The molecule has 1 amide bonds. The number of nitriles is 1. The summed E-state index contributed by atoms with van der Waals surface area (Å²) in [6.07, 6.45) is 1.20. The molecule has 2 aromatic rings. The molecule has 0 saturated carbocycles. The predicted octanol–water partition coefficient (Wildman–Crippen LogP) is 3.30. The van der Waals surface area contributed by atoms with Crippen molar-refractivity contribution in [3.05, 3.63) is 65.6 Å². The highest BCUT2D eigenvalue weighted by atomic mass is 19.1. The molecule has 0 spiro atoms. The number of amides is 1. The van der Waals surface area contributed by atoms with Crippen molar-refractivity contribution >= 4 is 17.3 Å². The van der Waals surface area contributed by atoms with Crippen LogP contribution in [0.15, 0.2) is 54.2 Å². The third-order valence-electron chi connectivity index (χ3n) is 2.99. The summed E-state index contributed by atoms with van der Waals surface area (Å²) in [5.74, 6) is -1.05. The molecule has 23 heavy (non-hydrogen) atoms. The van der Waals surface area contributed by atoms with Crippen LogP contribution in [0.2, 0.25) is 0 Å². The van der Waals surface area contributed by atoms with Crippen LogP contribution in [0.25, 0.3) is 0 Å². The monoisotopic (exact) mass is 311 g/mol. The van der Waals surface area contributed by atoms with Crippen molar-refractivity contribution < 1.29 is 14.3 Å². The van der Waals surface area contributed by atoms with Gasteiger partial charge in [0.25, 0.3) is 5.91 Å². The Morgan fingerprint density at radius 2 is 1.96 bits per heavy atom. The summed E-state index contributed by atoms with van der Waals surface area (Å²) in [7, 11) is 0. The van der Waals surface area contributed by atoms with Crippen molar-refractivity contribution in [3.8, 4) is 11.8 Å². The van der Waals surface area contributed by atoms with Gasteiger partial charge in [0.05, 0.1) is 5.69 Å². The van der Waals surface area contributed by atoms with E-state index in [9.17, 15) is 14.3 Å². The number of nitrogens with zero attached hydrogens (tertiary/aromatic N) is 1. The quantitative estimate of drug-likeness (QED) is 0.459. The van der Waals surface area contributed by atoms with Gasteiger partial charge in [0.2, 0.25) is 0 Å². The third-order valence-corrected chi connectivity index (χ3v) is 2.99. The molecular formula is C17H14FN3O2. The molecule has 0 aliphatic heterocycles. The summed E-state index contributed by atoms with van der Waals surface area (Å²) < 4.78 is 12.8. The number of rotatable bonds is 4. The standard InChI is InChI=1S/C17H14FN3O2/c1-11-2-7-15(16(22)8-11)20-10-12(9-19)17(23)21-14-5-3-13(18)4-6-14/h2-8,10,20,22H,1H3,(H,21,23)/b12-10-. The summed E-state index contributed by atoms with van der Waals surface area (Å²) in [4.78, 5) is 12.0. The maximum atomic E-state index is 12.8. The number of hydrogen-bond acceptors (Lipinski definition) is 4. The largest absolute Gasteiger partial charge is 0.506 e. The van der Waals surface area contributed by atoms with E-state index < -0.39 is 11.7 Å². The fourth-order valence-electron chi connectivity index (χ4n) is 1.79. The zero-order valence-corrected chi connectivity index (χ0v) is 12.3. The molecule has 3 N–H and O–H groups in total. The molecule has 116 valence electrons. The summed E-state index contributed by atoms with van der Waals surface area (Å²) >= 11 is 0. The van der Waals surface area contributed by atoms with E-state index in [1.807, 2.05) is 6.92 Å². The molecule has 0 aromatic heterocycles. The second-order valence-corrected chi connectivity index (χ2v) is 4.80. The molecule has 0 bridgehead atoms. The SMILES string of the molecule is Cc1ccc(N/C=C(/C#N)C(=O)Nc2ccc(F)cc2)c(O)c1. The lowest BCUT2D eigenvalue weighted by atomic mass is 10.2. The van der Waals surface area contributed by atoms with Gasteiger partial charge in [-0.1, -0.05) is 6.07 Å². The Balaban J connectivity index is 2.10. The maximum Gasteiger partial charge on any atom is 0.267 e. The molecule has 0 heterocycles. The Hall–Kier alpha value is -3.33. The van der Waals surface area contributed by atoms with E-state index >= 15 is 0 Å². The summed E-state index contributed by atoms with van der Waals surface area (Å²) in [5, 5.41) is 24.0. The van der Waals surface area contributed by atoms with Gasteiger partial charge in [-0.25, -0.2) is 4.39 Å². The minimum Gasteiger partial charge on any atom is -0.506 e. The summed E-state index contributed by atoms with van der Waals surface area (Å²) in [6.45, 7) is 1.83. The Kier molecular flexibility index (Phi) is 4.95. The average molecular weight is 311 g/mol. The van der Waals surface area contributed by atoms with Gasteiger partial charge in [-0.3, -0.25) is 4.79 Å². The van der Waals surface area contributed by atoms with Crippen molar-refractivity contribution in [1.82, 2.24) is 0 Å². The van der Waals surface area contributed by atoms with E-state index in [4.69, 9.17) is 5.26 Å². The molecule has 0 unspecified atom stereocenters. The van der Waals surface area contributed by atoms with Crippen molar-refractivity contribution in [1.29, 1.82) is 5.26 Å². The second-order valence-electron chi connectivity index (χ2n) is 4.80. The highest BCUT2D eigenvalue weighted by Crippen LogP contribution is 2.24. The number of benzene rings is 2. The van der Waals surface area contributed by atoms with Crippen LogP contribution in [-0.4, -0.2) is 11.0 Å². The topological polar surface area (TPSA) is 85.2 Å². The molecule has 2 aromatic carbocycles. The zero-order valence-electron chi connectivity index (χ0n) is 12.3. The second kappa shape index (κ2) is 7.09. The van der Waals surface area contributed by atoms with Crippen LogP contribution >= 0.6 is 0 Å². The first kappa shape index (κ1) is 16.0. The minimum absolute atomic E-state index is 0.0116. The molecule has 5 nitrogen and oxygen atoms in total. The molecule has 2 rings (SSSR count). The van der Waals surface area contributed by atoms with E-state index in [1.54, 1.807) is 24.3 Å². The van der Waals surface area contributed by atoms with E-state index in [2.05, 4.69) is 10.6 Å². The summed E-state index contributed by atoms with van der Waals surface area (Å²) in [5.41, 5.74) is 1.44. The number of phenolic OH excluding ortho intramolecular Hbond substituents is 1. The van der Waals surface area contributed by atoms with E-state index in [0.717, 1.165) is 5.56 Å². The molecule has 6 heteroatoms. The lowest BCUT2D eigenvalue weighted by Crippen LogP contribution is -2.14. The highest BCUT2D eigenvalue weighted by molar-refractivity contribution is 6.06. The Morgan fingerprint density at radius 3 is 2.57 bits per heavy atom. The van der Waals surface area contributed by atoms with E-state index in [1.165, 1.54) is 30.5 Å². The smallest absolute Gasteiger partial charge is 0.267 e. The van der Waals surface area contributed by atoms with Crippen molar-refractivity contribution in [2.24, 2.45) is 0 Å². The highest BCUT2D eigenvalue weighted by Gasteiger charge is 2.10. The van der Waals surface area contributed by atoms with Crippen LogP contribution in [0.4, 0.5) is 15.8 Å². The van der Waals surface area contributed by atoms with Crippen LogP contribution in [0, 0.1) is 24.1 Å². The Bertz CT molecular complexity index is 792. The van der Waals surface area contributed by atoms with E-state index in [-0.39, 0.29) is 11.3 Å². The lowest BCUT2D eigenvalue weighted by Gasteiger charge is -2.07. The van der Waals surface area contributed by atoms with Gasteiger partial charge in [-0.05, 0) is 48.9 Å². The molecule has 0 saturated heterocycles. The molecule has 0 radical (unpaired) electrons. The number of aryl methyl sites for hydroxylation is 1. The van der Waals surface area contributed by atoms with Crippen molar-refractivity contribution in [2.75, 3.05) is 10.6 Å². The molecule has 0 aliphatic carbocycles. The number of carbonyl (C=O) groups excluding carboxylic acids is 1. The molecule has 0 atom stereocenters. The van der Waals surface area contributed by atoms with Crippen molar-refractivity contribution in [3.63, 3.8) is 0 Å². The zero-order chi connectivity index (χ0) is 16.8. The predicted molar refractivity (Wildman–Crippen MR) is 85.2 cm³/mol. The minimum atomic E-state index is -0.641. The first-order valence-corrected chi connectivity index (χ1v) is 6.73. The number of nitrogens with one attached hydrogen (secondary N) is 2. The number of anilines is 2. The third kappa shape index (κ3) is 4.32. The van der Waals surface area contributed by atoms with Gasteiger partial charge in [0.1, 0.15) is 23.2 Å². The fourth-order valence-corrected chi connectivity index (χ4v) is 1.79. The van der Waals surface area contributed by atoms with Crippen LogP contribution in [0.1, 0.15) is 5.56 Å². The van der Waals surface area contributed by atoms with Gasteiger partial charge in [0.15, 0.2) is 0 Å². The average Bonchev–Trinajstić information content (AvgIpc) is 2.52. The number of phenols is 1. The van der Waals surface area contributed by atoms with Gasteiger partial charge in [0, 0.05) is 11.9 Å². The van der Waals surface area contributed by atoms with Crippen LogP contribution < -0.4 is 10.6 Å². The van der Waals surface area contributed by atoms with Crippen molar-refractivity contribution in [2.45, 2.75) is 6.92 Å². The fraction of sp³-hybridized carbons (Fsp3) is 0.0588. The normalized spacial score (nSPS) is 10.7. The maximum absolute atomic E-state index is 12.8. The first-order chi connectivity index (χ1) is 11.0. The molecule has 0 aliphatic rings. The number of carbonyl (C=O) groups is 1. The molecular weight excluding hydrogens is 297 g/mol. The number of aromatic hydroxyl groups is 1. The van der Waals surface area contributed by atoms with Gasteiger partial charge in [-0.2, -0.15) is 5.26 Å². The van der Waals surface area contributed by atoms with E-state index in [0.29, 0.717) is 11.4 Å². The Morgan fingerprint density at radius 1 is 1.26 bits per heavy atom. The molecule has 0 fully saturated rings. The van der Waals surface area contributed by atoms with Gasteiger partial charge in [-0.15, -0.1) is 0 Å². The summed E-state index contributed by atoms with van der Waals surface area (Å²) in [6, 6.07) is 11.9. The Labute approximate surface area is 132 Å². The number of hydrogen-bond donors (Lipinski definition) is 3. The number of halogens is 1. The van der Waals surface area contributed by atoms with Crippen LogP contribution in [-0.2, 0) is 4.79 Å².